The number of carbonyl (C=O) groups is 3. The van der Waals surface area contributed by atoms with Crippen molar-refractivity contribution in [2.45, 2.75) is 65.2 Å². The highest BCUT2D eigenvalue weighted by atomic mass is 16.5. The van der Waals surface area contributed by atoms with Crippen molar-refractivity contribution in [2.75, 3.05) is 38.7 Å². The first-order chi connectivity index (χ1) is 19.6. The third kappa shape index (κ3) is 7.14. The van der Waals surface area contributed by atoms with E-state index in [0.717, 1.165) is 30.6 Å². The number of ketones is 2. The number of Topliss-reactive ketones (excluding diaryl/α,β-unsaturated/α-hetero) is 2. The number of methoxy groups -OCH3 is 1. The van der Waals surface area contributed by atoms with Crippen molar-refractivity contribution in [1.29, 1.82) is 0 Å². The molecule has 0 saturated carbocycles. The third-order valence-corrected chi connectivity index (χ3v) is 7.63. The van der Waals surface area contributed by atoms with Crippen LogP contribution in [0.3, 0.4) is 0 Å². The first kappa shape index (κ1) is 30.3. The van der Waals surface area contributed by atoms with Crippen molar-refractivity contribution in [3.63, 3.8) is 0 Å². The first-order valence-electron chi connectivity index (χ1n) is 14.6. The normalized spacial score (nSPS) is 14.1. The van der Waals surface area contributed by atoms with Gasteiger partial charge in [0.2, 0.25) is 0 Å². The van der Waals surface area contributed by atoms with Crippen molar-refractivity contribution in [2.24, 2.45) is 0 Å². The van der Waals surface area contributed by atoms with Crippen LogP contribution in [0.25, 0.3) is 10.8 Å². The van der Waals surface area contributed by atoms with E-state index in [1.807, 2.05) is 58.0 Å². The van der Waals surface area contributed by atoms with E-state index in [2.05, 4.69) is 10.2 Å². The number of benzene rings is 3. The zero-order valence-corrected chi connectivity index (χ0v) is 25.0. The molecular formula is C34H42N2O5. The zero-order chi connectivity index (χ0) is 29.6. The number of piperidine rings is 1. The van der Waals surface area contributed by atoms with E-state index < -0.39 is 11.7 Å². The number of nitrogens with zero attached hydrogens (tertiary/aromatic N) is 1. The molecule has 0 bridgehead atoms. The topological polar surface area (TPSA) is 84.9 Å². The Bertz CT molecular complexity index is 1420. The summed E-state index contributed by atoms with van der Waals surface area (Å²) in [6, 6.07) is 14.5. The summed E-state index contributed by atoms with van der Waals surface area (Å²) in [5.74, 6) is -0.592. The van der Waals surface area contributed by atoms with E-state index >= 15 is 0 Å². The van der Waals surface area contributed by atoms with Gasteiger partial charge in [-0.25, -0.2) is 0 Å². The summed E-state index contributed by atoms with van der Waals surface area (Å²) in [5.41, 5.74) is 1.56. The van der Waals surface area contributed by atoms with Gasteiger partial charge >= 0.3 is 0 Å². The van der Waals surface area contributed by atoms with Gasteiger partial charge in [-0.3, -0.25) is 19.3 Å². The van der Waals surface area contributed by atoms with Crippen LogP contribution in [-0.2, 0) is 10.2 Å². The lowest BCUT2D eigenvalue weighted by Crippen LogP contribution is -2.33. The standard InChI is InChI=1S/C34H42N2O5/c1-6-12-29(37)27-21-23(34(2,3)4)22-28(32(27)40-5)35-33(39)31(38)26-15-16-30(25-14-9-8-13-24(25)26)41-20-19-36-17-10-7-11-18-36/h8-9,13-16,21-22H,6-7,10-12,17-20H2,1-5H3,(H,35,39). The molecule has 3 aromatic rings. The fourth-order valence-corrected chi connectivity index (χ4v) is 5.31. The van der Waals surface area contributed by atoms with E-state index in [-0.39, 0.29) is 22.5 Å². The summed E-state index contributed by atoms with van der Waals surface area (Å²) in [7, 11) is 1.46. The van der Waals surface area contributed by atoms with Crippen LogP contribution < -0.4 is 14.8 Å². The van der Waals surface area contributed by atoms with E-state index in [1.165, 1.54) is 26.4 Å². The number of likely N-dealkylation sites (tertiary alicyclic amines) is 1. The maximum atomic E-state index is 13.5. The predicted molar refractivity (Wildman–Crippen MR) is 164 cm³/mol. The van der Waals surface area contributed by atoms with Crippen LogP contribution in [0.1, 0.15) is 86.1 Å². The molecule has 1 saturated heterocycles. The van der Waals surface area contributed by atoms with Gasteiger partial charge < -0.3 is 14.8 Å². The van der Waals surface area contributed by atoms with Gasteiger partial charge in [-0.2, -0.15) is 0 Å². The van der Waals surface area contributed by atoms with Crippen LogP contribution in [0.2, 0.25) is 0 Å². The Labute approximate surface area is 243 Å². The smallest absolute Gasteiger partial charge is 0.296 e. The fourth-order valence-electron chi connectivity index (χ4n) is 5.31. The summed E-state index contributed by atoms with van der Waals surface area (Å²) in [6.45, 7) is 11.6. The Morgan fingerprint density at radius 3 is 2.29 bits per heavy atom. The molecule has 0 spiro atoms. The van der Waals surface area contributed by atoms with E-state index in [1.54, 1.807) is 18.2 Å². The van der Waals surface area contributed by atoms with Gasteiger partial charge in [-0.05, 0) is 73.0 Å². The Kier molecular flexibility index (Phi) is 9.81. The number of nitrogens with one attached hydrogen (secondary N) is 1. The van der Waals surface area contributed by atoms with Gasteiger partial charge in [-0.1, -0.05) is 58.4 Å². The second kappa shape index (κ2) is 13.3. The highest BCUT2D eigenvalue weighted by Crippen LogP contribution is 2.37. The molecule has 1 N–H and O–H groups in total. The molecule has 0 atom stereocenters. The second-order valence-corrected chi connectivity index (χ2v) is 11.7. The number of anilines is 1. The number of hydrogen-bond donors (Lipinski definition) is 1. The third-order valence-electron chi connectivity index (χ3n) is 7.63. The molecule has 7 nitrogen and oxygen atoms in total. The molecule has 1 fully saturated rings. The number of rotatable bonds is 11. The highest BCUT2D eigenvalue weighted by molar-refractivity contribution is 6.48. The lowest BCUT2D eigenvalue weighted by Gasteiger charge is -2.26. The van der Waals surface area contributed by atoms with Gasteiger partial charge in [0.25, 0.3) is 11.7 Å². The first-order valence-corrected chi connectivity index (χ1v) is 14.6. The number of amides is 1. The summed E-state index contributed by atoms with van der Waals surface area (Å²) in [5, 5.41) is 4.19. The summed E-state index contributed by atoms with van der Waals surface area (Å²) >= 11 is 0. The molecule has 0 aliphatic carbocycles. The summed E-state index contributed by atoms with van der Waals surface area (Å²) in [6.07, 6.45) is 4.79. The lowest BCUT2D eigenvalue weighted by atomic mass is 9.84. The quantitative estimate of drug-likeness (QED) is 0.205. The molecule has 0 unspecified atom stereocenters. The van der Waals surface area contributed by atoms with Crippen molar-refractivity contribution in [3.05, 3.63) is 65.2 Å². The van der Waals surface area contributed by atoms with Gasteiger partial charge in [0.1, 0.15) is 12.4 Å². The van der Waals surface area contributed by atoms with Gasteiger partial charge in [0.05, 0.1) is 18.4 Å². The molecule has 1 aliphatic rings. The molecule has 4 rings (SSSR count). The molecular weight excluding hydrogens is 516 g/mol. The van der Waals surface area contributed by atoms with E-state index in [4.69, 9.17) is 9.47 Å². The Morgan fingerprint density at radius 2 is 1.63 bits per heavy atom. The molecule has 1 amide bonds. The molecule has 0 radical (unpaired) electrons. The number of hydrogen-bond acceptors (Lipinski definition) is 6. The van der Waals surface area contributed by atoms with Gasteiger partial charge in [0, 0.05) is 23.9 Å². The molecule has 218 valence electrons. The largest absolute Gasteiger partial charge is 0.494 e. The average Bonchev–Trinajstić information content (AvgIpc) is 2.96. The Morgan fingerprint density at radius 1 is 0.927 bits per heavy atom. The molecule has 1 heterocycles. The molecule has 1 aliphatic heterocycles. The van der Waals surface area contributed by atoms with Crippen LogP contribution in [0.15, 0.2) is 48.5 Å². The minimum absolute atomic E-state index is 0.0702. The van der Waals surface area contributed by atoms with Crippen LogP contribution in [0, 0.1) is 0 Å². The highest BCUT2D eigenvalue weighted by Gasteiger charge is 2.26. The van der Waals surface area contributed by atoms with Crippen molar-refractivity contribution in [3.8, 4) is 11.5 Å². The minimum atomic E-state index is -0.799. The van der Waals surface area contributed by atoms with Crippen molar-refractivity contribution in [1.82, 2.24) is 4.90 Å². The lowest BCUT2D eigenvalue weighted by molar-refractivity contribution is -0.112. The SMILES string of the molecule is CCCC(=O)c1cc(C(C)(C)C)cc(NC(=O)C(=O)c2ccc(OCCN3CCCCC3)c3ccccc23)c1OC. The summed E-state index contributed by atoms with van der Waals surface area (Å²) < 4.78 is 11.7. The van der Waals surface area contributed by atoms with Crippen LogP contribution >= 0.6 is 0 Å². The summed E-state index contributed by atoms with van der Waals surface area (Å²) in [4.78, 5) is 42.3. The Balaban J connectivity index is 1.60. The second-order valence-electron chi connectivity index (χ2n) is 11.7. The average molecular weight is 559 g/mol. The molecule has 0 aromatic heterocycles. The minimum Gasteiger partial charge on any atom is -0.494 e. The Hall–Kier alpha value is -3.71. The maximum absolute atomic E-state index is 13.5. The van der Waals surface area contributed by atoms with Crippen molar-refractivity contribution < 1.29 is 23.9 Å². The number of ether oxygens (including phenoxy) is 2. The van der Waals surface area contributed by atoms with Crippen LogP contribution in [-0.4, -0.2) is 55.7 Å². The monoisotopic (exact) mass is 558 g/mol. The number of fused-ring (bicyclic) bond motifs is 1. The number of carbonyl (C=O) groups excluding carboxylic acids is 3. The molecule has 41 heavy (non-hydrogen) atoms. The maximum Gasteiger partial charge on any atom is 0.296 e. The van der Waals surface area contributed by atoms with Crippen LogP contribution in [0.5, 0.6) is 11.5 Å². The predicted octanol–water partition coefficient (Wildman–Crippen LogP) is 6.81. The zero-order valence-electron chi connectivity index (χ0n) is 25.0. The van der Waals surface area contributed by atoms with E-state index in [0.29, 0.717) is 41.8 Å². The fraction of sp³-hybridized carbons (Fsp3) is 0.441. The van der Waals surface area contributed by atoms with E-state index in [9.17, 15) is 14.4 Å². The van der Waals surface area contributed by atoms with Crippen LogP contribution in [0.4, 0.5) is 5.69 Å². The van der Waals surface area contributed by atoms with Gasteiger partial charge in [0.15, 0.2) is 11.5 Å². The molecule has 3 aromatic carbocycles. The molecule has 7 heteroatoms. The van der Waals surface area contributed by atoms with Gasteiger partial charge in [-0.15, -0.1) is 0 Å². The van der Waals surface area contributed by atoms with Crippen molar-refractivity contribution >= 4 is 33.9 Å².